The quantitative estimate of drug-likeness (QED) is 0.404. The number of ether oxygens (including phenoxy) is 1. The SMILES string of the molecule is CCOC(=O)C1=C(C)NC2NC(=O)NC(=O)C2C1c1cccc([N+](=O)[O-])c1. The summed E-state index contributed by atoms with van der Waals surface area (Å²) in [6.45, 7) is 3.42. The molecule has 10 heteroatoms. The number of nitrogens with one attached hydrogen (secondary N) is 3. The number of benzene rings is 1. The Morgan fingerprint density at radius 2 is 2.04 bits per heavy atom. The minimum Gasteiger partial charge on any atom is -0.463 e. The number of non-ortho nitro benzene ring substituents is 1. The highest BCUT2D eigenvalue weighted by Gasteiger charge is 2.48. The van der Waals surface area contributed by atoms with Crippen LogP contribution in [0.4, 0.5) is 10.5 Å². The molecule has 1 aromatic carbocycles. The molecule has 0 radical (unpaired) electrons. The summed E-state index contributed by atoms with van der Waals surface area (Å²) >= 11 is 0. The number of fused-ring (bicyclic) bond motifs is 1. The predicted octanol–water partition coefficient (Wildman–Crippen LogP) is 0.900. The average molecular weight is 374 g/mol. The van der Waals surface area contributed by atoms with Crippen LogP contribution in [0.3, 0.4) is 0 Å². The number of urea groups is 1. The van der Waals surface area contributed by atoms with Crippen LogP contribution < -0.4 is 16.0 Å². The molecule has 3 atom stereocenters. The first-order chi connectivity index (χ1) is 12.8. The summed E-state index contributed by atoms with van der Waals surface area (Å²) in [6.07, 6.45) is -0.756. The number of nitrogens with zero attached hydrogens (tertiary/aromatic N) is 1. The fraction of sp³-hybridized carbons (Fsp3) is 0.353. The molecule has 3 rings (SSSR count). The van der Waals surface area contributed by atoms with Crippen molar-refractivity contribution < 1.29 is 24.0 Å². The van der Waals surface area contributed by atoms with E-state index in [0.717, 1.165) is 0 Å². The average Bonchev–Trinajstić information content (AvgIpc) is 2.60. The third-order valence-corrected chi connectivity index (χ3v) is 4.57. The molecule has 142 valence electrons. The van der Waals surface area contributed by atoms with Crippen LogP contribution in [0, 0.1) is 16.0 Å². The van der Waals surface area contributed by atoms with Gasteiger partial charge in [0, 0.05) is 23.7 Å². The van der Waals surface area contributed by atoms with Crippen molar-refractivity contribution >= 4 is 23.6 Å². The van der Waals surface area contributed by atoms with Crippen molar-refractivity contribution in [2.24, 2.45) is 5.92 Å². The minimum absolute atomic E-state index is 0.133. The fourth-order valence-corrected chi connectivity index (χ4v) is 3.50. The standard InChI is InChI=1S/C17H18N4O6/c1-3-27-16(23)11-8(2)18-14-13(15(22)20-17(24)19-14)12(11)9-5-4-6-10(7-9)21(25)26/h4-7,12-14,18H,3H2,1-2H3,(H2,19,20,22,24). The number of hydrogen-bond donors (Lipinski definition) is 3. The topological polar surface area (TPSA) is 140 Å². The molecule has 3 amide bonds. The zero-order valence-electron chi connectivity index (χ0n) is 14.6. The molecule has 2 heterocycles. The van der Waals surface area contributed by atoms with Crippen molar-refractivity contribution in [3.63, 3.8) is 0 Å². The lowest BCUT2D eigenvalue weighted by Crippen LogP contribution is -2.66. The van der Waals surface area contributed by atoms with Gasteiger partial charge >= 0.3 is 12.0 Å². The van der Waals surface area contributed by atoms with Crippen molar-refractivity contribution in [3.05, 3.63) is 51.2 Å². The molecule has 0 aromatic heterocycles. The van der Waals surface area contributed by atoms with E-state index in [9.17, 15) is 24.5 Å². The smallest absolute Gasteiger partial charge is 0.336 e. The molecule has 2 aliphatic heterocycles. The first-order valence-corrected chi connectivity index (χ1v) is 8.33. The lowest BCUT2D eigenvalue weighted by molar-refractivity contribution is -0.384. The van der Waals surface area contributed by atoms with Crippen LogP contribution in [0.15, 0.2) is 35.5 Å². The van der Waals surface area contributed by atoms with Gasteiger partial charge in [-0.25, -0.2) is 9.59 Å². The van der Waals surface area contributed by atoms with Gasteiger partial charge in [-0.2, -0.15) is 0 Å². The molecule has 3 unspecified atom stereocenters. The molecule has 10 nitrogen and oxygen atoms in total. The largest absolute Gasteiger partial charge is 0.463 e. The van der Waals surface area contributed by atoms with Crippen molar-refractivity contribution in [1.29, 1.82) is 0 Å². The number of carbonyl (C=O) groups is 3. The van der Waals surface area contributed by atoms with Gasteiger partial charge in [-0.1, -0.05) is 12.1 Å². The van der Waals surface area contributed by atoms with Crippen molar-refractivity contribution in [2.75, 3.05) is 6.61 Å². The van der Waals surface area contributed by atoms with Gasteiger partial charge in [0.15, 0.2) is 0 Å². The summed E-state index contributed by atoms with van der Waals surface area (Å²) in [5, 5.41) is 18.9. The second-order valence-electron chi connectivity index (χ2n) is 6.20. The molecule has 27 heavy (non-hydrogen) atoms. The van der Waals surface area contributed by atoms with E-state index in [1.54, 1.807) is 19.9 Å². The lowest BCUT2D eigenvalue weighted by Gasteiger charge is -2.42. The van der Waals surface area contributed by atoms with E-state index in [-0.39, 0.29) is 17.9 Å². The van der Waals surface area contributed by atoms with E-state index in [1.807, 2.05) is 0 Å². The van der Waals surface area contributed by atoms with E-state index in [4.69, 9.17) is 4.74 Å². The molecule has 3 N–H and O–H groups in total. The van der Waals surface area contributed by atoms with Crippen LogP contribution in [0.5, 0.6) is 0 Å². The number of nitro benzene ring substituents is 1. The highest BCUT2D eigenvalue weighted by molar-refractivity contribution is 6.01. The number of rotatable bonds is 4. The molecule has 1 saturated heterocycles. The number of amides is 3. The maximum Gasteiger partial charge on any atom is 0.336 e. The molecule has 0 aliphatic carbocycles. The number of nitro groups is 1. The molecular weight excluding hydrogens is 356 g/mol. The molecular formula is C17H18N4O6. The van der Waals surface area contributed by atoms with Crippen LogP contribution in [0.2, 0.25) is 0 Å². The Bertz CT molecular complexity index is 865. The Morgan fingerprint density at radius 3 is 2.70 bits per heavy atom. The van der Waals surface area contributed by atoms with E-state index >= 15 is 0 Å². The van der Waals surface area contributed by atoms with Gasteiger partial charge in [-0.15, -0.1) is 0 Å². The van der Waals surface area contributed by atoms with Gasteiger partial charge in [0.25, 0.3) is 5.69 Å². The van der Waals surface area contributed by atoms with Crippen LogP contribution in [-0.2, 0) is 14.3 Å². The van der Waals surface area contributed by atoms with Gasteiger partial charge in [-0.3, -0.25) is 20.2 Å². The Hall–Kier alpha value is -3.43. The Kier molecular flexibility index (Phi) is 4.80. The highest BCUT2D eigenvalue weighted by atomic mass is 16.6. The first kappa shape index (κ1) is 18.4. The Labute approximate surface area is 154 Å². The monoisotopic (exact) mass is 374 g/mol. The van der Waals surface area contributed by atoms with E-state index < -0.39 is 40.8 Å². The Balaban J connectivity index is 2.16. The van der Waals surface area contributed by atoms with Crippen LogP contribution in [-0.4, -0.2) is 35.6 Å². The van der Waals surface area contributed by atoms with Crippen LogP contribution in [0.1, 0.15) is 25.3 Å². The first-order valence-electron chi connectivity index (χ1n) is 8.33. The van der Waals surface area contributed by atoms with Crippen molar-refractivity contribution in [1.82, 2.24) is 16.0 Å². The van der Waals surface area contributed by atoms with Gasteiger partial charge in [0.2, 0.25) is 5.91 Å². The van der Waals surface area contributed by atoms with E-state index in [0.29, 0.717) is 11.3 Å². The maximum absolute atomic E-state index is 12.6. The van der Waals surface area contributed by atoms with Gasteiger partial charge in [0.1, 0.15) is 6.17 Å². The maximum atomic E-state index is 12.6. The highest BCUT2D eigenvalue weighted by Crippen LogP contribution is 2.40. The molecule has 0 bridgehead atoms. The number of imide groups is 1. The van der Waals surface area contributed by atoms with Gasteiger partial charge < -0.3 is 15.4 Å². The van der Waals surface area contributed by atoms with Crippen molar-refractivity contribution in [3.8, 4) is 0 Å². The number of hydrogen-bond acceptors (Lipinski definition) is 7. The Morgan fingerprint density at radius 1 is 1.30 bits per heavy atom. The number of esters is 1. The van der Waals surface area contributed by atoms with E-state index in [2.05, 4.69) is 16.0 Å². The fourth-order valence-electron chi connectivity index (χ4n) is 3.50. The molecule has 1 aromatic rings. The number of carbonyl (C=O) groups excluding carboxylic acids is 3. The van der Waals surface area contributed by atoms with E-state index in [1.165, 1.54) is 18.2 Å². The van der Waals surface area contributed by atoms with Gasteiger partial charge in [0.05, 0.1) is 23.0 Å². The normalized spacial score (nSPS) is 24.3. The summed E-state index contributed by atoms with van der Waals surface area (Å²) in [6, 6.07) is 5.09. The van der Waals surface area contributed by atoms with Crippen molar-refractivity contribution in [2.45, 2.75) is 25.9 Å². The molecule has 0 saturated carbocycles. The van der Waals surface area contributed by atoms with Crippen LogP contribution >= 0.6 is 0 Å². The zero-order chi connectivity index (χ0) is 19.7. The van der Waals surface area contributed by atoms with Crippen LogP contribution in [0.25, 0.3) is 0 Å². The summed E-state index contributed by atoms with van der Waals surface area (Å²) in [4.78, 5) is 47.4. The minimum atomic E-state index is -0.882. The third-order valence-electron chi connectivity index (χ3n) is 4.57. The third kappa shape index (κ3) is 3.33. The molecule has 2 aliphatic rings. The summed E-state index contributed by atoms with van der Waals surface area (Å²) < 4.78 is 5.13. The molecule has 0 spiro atoms. The zero-order valence-corrected chi connectivity index (χ0v) is 14.6. The van der Waals surface area contributed by atoms with Gasteiger partial charge in [-0.05, 0) is 19.4 Å². The lowest BCUT2D eigenvalue weighted by atomic mass is 9.74. The molecule has 1 fully saturated rings. The number of allylic oxidation sites excluding steroid dienone is 1. The summed E-state index contributed by atoms with van der Waals surface area (Å²) in [7, 11) is 0. The second kappa shape index (κ2) is 7.06. The summed E-state index contributed by atoms with van der Waals surface area (Å²) in [5.41, 5.74) is 0.879. The second-order valence-corrected chi connectivity index (χ2v) is 6.20. The predicted molar refractivity (Wildman–Crippen MR) is 92.3 cm³/mol. The summed E-state index contributed by atoms with van der Waals surface area (Å²) in [5.74, 6) is -2.91.